The Balaban J connectivity index is 3.87. The lowest BCUT2D eigenvalue weighted by Crippen LogP contribution is -2.47. The molecule has 0 fully saturated rings. The van der Waals surface area contributed by atoms with E-state index in [1.54, 1.807) is 0 Å². The van der Waals surface area contributed by atoms with Crippen LogP contribution in [0.4, 0.5) is 0 Å². The van der Waals surface area contributed by atoms with Gasteiger partial charge >= 0.3 is 0 Å². The minimum atomic E-state index is -0.323. The molecule has 4 heteroatoms. The van der Waals surface area contributed by atoms with E-state index in [4.69, 9.17) is 10.5 Å². The average Bonchev–Trinajstić information content (AvgIpc) is 2.00. The Kier molecular flexibility index (Phi) is 5.72. The third-order valence-electron chi connectivity index (χ3n) is 1.63. The van der Waals surface area contributed by atoms with Gasteiger partial charge in [0.2, 0.25) is 5.91 Å². The lowest BCUT2D eigenvalue weighted by molar-refractivity contribution is -0.123. The molecule has 0 saturated heterocycles. The molecule has 0 aliphatic rings. The Bertz CT molecular complexity index is 179. The van der Waals surface area contributed by atoms with Gasteiger partial charge in [0.25, 0.3) is 0 Å². The molecule has 0 aliphatic carbocycles. The molecule has 0 aromatic heterocycles. The highest BCUT2D eigenvalue weighted by Gasteiger charge is 2.20. The van der Waals surface area contributed by atoms with Gasteiger partial charge in [-0.1, -0.05) is 0 Å². The summed E-state index contributed by atoms with van der Waals surface area (Å²) in [6.07, 6.45) is 0.547. The zero-order valence-electron chi connectivity index (χ0n) is 9.59. The van der Waals surface area contributed by atoms with E-state index in [1.165, 1.54) is 0 Å². The summed E-state index contributed by atoms with van der Waals surface area (Å²) in [5.74, 6) is -0.0233. The van der Waals surface area contributed by atoms with Crippen molar-refractivity contribution in [2.75, 3.05) is 13.2 Å². The van der Waals surface area contributed by atoms with Crippen LogP contribution in [0, 0.1) is 0 Å². The number of nitrogens with one attached hydrogen (secondary N) is 1. The second-order valence-corrected chi connectivity index (χ2v) is 4.33. The molecule has 0 spiro atoms. The third-order valence-corrected chi connectivity index (χ3v) is 1.63. The van der Waals surface area contributed by atoms with Gasteiger partial charge in [0.15, 0.2) is 0 Å². The fourth-order valence-electron chi connectivity index (χ4n) is 0.982. The molecule has 0 unspecified atom stereocenters. The predicted molar refractivity (Wildman–Crippen MR) is 57.0 cm³/mol. The lowest BCUT2D eigenvalue weighted by atomic mass is 10.1. The molecule has 0 bridgehead atoms. The van der Waals surface area contributed by atoms with Crippen molar-refractivity contribution in [3.8, 4) is 0 Å². The molecule has 0 heterocycles. The van der Waals surface area contributed by atoms with Crippen molar-refractivity contribution < 1.29 is 9.53 Å². The van der Waals surface area contributed by atoms with Crippen molar-refractivity contribution in [3.05, 3.63) is 0 Å². The molecule has 0 rings (SSSR count). The average molecular weight is 202 g/mol. The molecule has 14 heavy (non-hydrogen) atoms. The molecule has 0 aromatic carbocycles. The summed E-state index contributed by atoms with van der Waals surface area (Å²) in [5, 5.41) is 2.87. The Hall–Kier alpha value is -0.610. The van der Waals surface area contributed by atoms with E-state index >= 15 is 0 Å². The molecule has 4 nitrogen and oxygen atoms in total. The van der Waals surface area contributed by atoms with E-state index < -0.39 is 0 Å². The predicted octanol–water partition coefficient (Wildman–Crippen LogP) is 0.655. The first-order valence-electron chi connectivity index (χ1n) is 5.00. The van der Waals surface area contributed by atoms with E-state index in [1.807, 2.05) is 27.7 Å². The number of nitrogens with two attached hydrogens (primary N) is 1. The molecule has 3 N–H and O–H groups in total. The molecule has 1 amide bonds. The number of rotatable bonds is 6. The van der Waals surface area contributed by atoms with Crippen LogP contribution in [0.3, 0.4) is 0 Å². The van der Waals surface area contributed by atoms with Crippen LogP contribution in [0.2, 0.25) is 0 Å². The van der Waals surface area contributed by atoms with E-state index in [-0.39, 0.29) is 17.6 Å². The van der Waals surface area contributed by atoms with Gasteiger partial charge in [-0.2, -0.15) is 0 Å². The summed E-state index contributed by atoms with van der Waals surface area (Å²) in [7, 11) is 0. The van der Waals surface area contributed by atoms with Crippen molar-refractivity contribution in [3.63, 3.8) is 0 Å². The highest BCUT2D eigenvalue weighted by atomic mass is 16.5. The molecule has 0 radical (unpaired) electrons. The Morgan fingerprint density at radius 3 is 2.50 bits per heavy atom. The largest absolute Gasteiger partial charge is 0.376 e. The summed E-state index contributed by atoms with van der Waals surface area (Å²) in [5.41, 5.74) is 4.96. The fourth-order valence-corrected chi connectivity index (χ4v) is 0.982. The van der Waals surface area contributed by atoms with E-state index in [9.17, 15) is 4.79 Å². The summed E-state index contributed by atoms with van der Waals surface area (Å²) in [6.45, 7) is 8.71. The topological polar surface area (TPSA) is 64.3 Å². The standard InChI is InChI=1S/C10H22N2O2/c1-8(2)14-7-10(3,4)12-9(13)5-6-11/h8H,5-7,11H2,1-4H3,(H,12,13). The molecule has 0 aromatic rings. The van der Waals surface area contributed by atoms with Gasteiger partial charge in [-0.05, 0) is 27.7 Å². The first kappa shape index (κ1) is 13.4. The van der Waals surface area contributed by atoms with Crippen LogP contribution in [0.25, 0.3) is 0 Å². The molecule has 0 saturated carbocycles. The van der Waals surface area contributed by atoms with Crippen molar-refractivity contribution >= 4 is 5.91 Å². The molecular weight excluding hydrogens is 180 g/mol. The number of hydrogen-bond donors (Lipinski definition) is 2. The highest BCUT2D eigenvalue weighted by Crippen LogP contribution is 2.04. The number of carbonyl (C=O) groups is 1. The van der Waals surface area contributed by atoms with Crippen molar-refractivity contribution in [2.45, 2.75) is 45.8 Å². The van der Waals surface area contributed by atoms with Crippen LogP contribution in [0.5, 0.6) is 0 Å². The van der Waals surface area contributed by atoms with Crippen LogP contribution in [0.15, 0.2) is 0 Å². The van der Waals surface area contributed by atoms with E-state index in [0.717, 1.165) is 0 Å². The van der Waals surface area contributed by atoms with Gasteiger partial charge < -0.3 is 15.8 Å². The lowest BCUT2D eigenvalue weighted by Gasteiger charge is -2.27. The number of ether oxygens (including phenoxy) is 1. The van der Waals surface area contributed by atoms with Crippen LogP contribution in [0.1, 0.15) is 34.1 Å². The van der Waals surface area contributed by atoms with Gasteiger partial charge in [0, 0.05) is 13.0 Å². The fraction of sp³-hybridized carbons (Fsp3) is 0.900. The summed E-state index contributed by atoms with van der Waals surface area (Å²) in [6, 6.07) is 0. The van der Waals surface area contributed by atoms with Crippen molar-refractivity contribution in [1.82, 2.24) is 5.32 Å². The van der Waals surface area contributed by atoms with Gasteiger partial charge in [0.05, 0.1) is 18.2 Å². The zero-order valence-corrected chi connectivity index (χ0v) is 9.59. The first-order chi connectivity index (χ1) is 6.37. The van der Waals surface area contributed by atoms with Crippen LogP contribution in [-0.4, -0.2) is 30.7 Å². The minimum Gasteiger partial charge on any atom is -0.376 e. The maximum absolute atomic E-state index is 11.3. The summed E-state index contributed by atoms with van der Waals surface area (Å²) >= 11 is 0. The number of carbonyl (C=O) groups excluding carboxylic acids is 1. The Morgan fingerprint density at radius 2 is 2.07 bits per heavy atom. The van der Waals surface area contributed by atoms with Gasteiger partial charge in [-0.3, -0.25) is 4.79 Å². The van der Waals surface area contributed by atoms with Crippen LogP contribution < -0.4 is 11.1 Å². The number of amides is 1. The maximum Gasteiger partial charge on any atom is 0.221 e. The third kappa shape index (κ3) is 6.86. The van der Waals surface area contributed by atoms with E-state index in [2.05, 4.69) is 5.32 Å². The normalized spacial score (nSPS) is 11.9. The SMILES string of the molecule is CC(C)OCC(C)(C)NC(=O)CCN. The quantitative estimate of drug-likeness (QED) is 0.665. The second kappa shape index (κ2) is 5.98. The number of hydrogen-bond acceptors (Lipinski definition) is 3. The van der Waals surface area contributed by atoms with Gasteiger partial charge in [0.1, 0.15) is 0 Å². The summed E-state index contributed by atoms with van der Waals surface area (Å²) in [4.78, 5) is 11.3. The zero-order chi connectivity index (χ0) is 11.2. The second-order valence-electron chi connectivity index (χ2n) is 4.33. The Morgan fingerprint density at radius 1 is 1.50 bits per heavy atom. The van der Waals surface area contributed by atoms with Crippen LogP contribution >= 0.6 is 0 Å². The van der Waals surface area contributed by atoms with Gasteiger partial charge in [-0.15, -0.1) is 0 Å². The summed E-state index contributed by atoms with van der Waals surface area (Å²) < 4.78 is 5.44. The Labute approximate surface area is 86.2 Å². The maximum atomic E-state index is 11.3. The molecule has 84 valence electrons. The molecule has 0 atom stereocenters. The van der Waals surface area contributed by atoms with Gasteiger partial charge in [-0.25, -0.2) is 0 Å². The molecule has 0 aliphatic heterocycles. The van der Waals surface area contributed by atoms with E-state index in [0.29, 0.717) is 19.6 Å². The molecular formula is C10H22N2O2. The van der Waals surface area contributed by atoms with Crippen molar-refractivity contribution in [2.24, 2.45) is 5.73 Å². The van der Waals surface area contributed by atoms with Crippen LogP contribution in [-0.2, 0) is 9.53 Å². The minimum absolute atomic E-state index is 0.0233. The smallest absolute Gasteiger partial charge is 0.221 e. The van der Waals surface area contributed by atoms with Crippen molar-refractivity contribution in [1.29, 1.82) is 0 Å². The monoisotopic (exact) mass is 202 g/mol. The highest BCUT2D eigenvalue weighted by molar-refractivity contribution is 5.76. The first-order valence-corrected chi connectivity index (χ1v) is 5.00.